The number of ether oxygens (including phenoxy) is 1. The highest BCUT2D eigenvalue weighted by molar-refractivity contribution is 5.84. The summed E-state index contributed by atoms with van der Waals surface area (Å²) in [5.74, 6) is 2.09. The zero-order chi connectivity index (χ0) is 31.6. The van der Waals surface area contributed by atoms with Crippen molar-refractivity contribution in [2.24, 2.45) is 5.73 Å². The Bertz CT molecular complexity index is 1700. The molecule has 4 atom stereocenters. The first kappa shape index (κ1) is 30.2. The zero-order valence-electron chi connectivity index (χ0n) is 25.7. The van der Waals surface area contributed by atoms with E-state index in [4.69, 9.17) is 20.4 Å². The van der Waals surface area contributed by atoms with Gasteiger partial charge in [0, 0.05) is 31.0 Å². The summed E-state index contributed by atoms with van der Waals surface area (Å²) in [7, 11) is 0. The SMILES string of the molecule is CCc1nnc([C@H]2O[C@@H](n3cnc4c(NCC(c5ccccc5)c5ccccc5)nc(N[C@H]5CC[C@H](N)CC5)nc43)[C@H](O)[C@@H]2O)[nH]1. The Morgan fingerprint density at radius 3 is 2.30 bits per heavy atom. The average molecular weight is 625 g/mol. The van der Waals surface area contributed by atoms with E-state index in [9.17, 15) is 10.2 Å². The van der Waals surface area contributed by atoms with Crippen molar-refractivity contribution in [3.8, 4) is 0 Å². The summed E-state index contributed by atoms with van der Waals surface area (Å²) in [6.07, 6.45) is 1.56. The van der Waals surface area contributed by atoms with Gasteiger partial charge in [-0.3, -0.25) is 4.57 Å². The maximum absolute atomic E-state index is 11.2. The Kier molecular flexibility index (Phi) is 8.63. The minimum absolute atomic E-state index is 0.0524. The number of nitrogens with one attached hydrogen (secondary N) is 3. The normalized spacial score (nSPS) is 24.9. The number of aliphatic hydroxyl groups is 2. The Morgan fingerprint density at radius 2 is 1.65 bits per heavy atom. The van der Waals surface area contributed by atoms with E-state index in [1.165, 1.54) is 11.1 Å². The number of fused-ring (bicyclic) bond motifs is 1. The number of aromatic amines is 1. The number of aromatic nitrogens is 7. The fourth-order valence-corrected chi connectivity index (χ4v) is 6.45. The molecule has 0 radical (unpaired) electrons. The quantitative estimate of drug-likeness (QED) is 0.134. The van der Waals surface area contributed by atoms with Gasteiger partial charge in [-0.1, -0.05) is 67.6 Å². The summed E-state index contributed by atoms with van der Waals surface area (Å²) in [6, 6.07) is 21.1. The number of nitrogens with zero attached hydrogens (tertiary/aromatic N) is 6. The van der Waals surface area contributed by atoms with Crippen molar-refractivity contribution in [1.82, 2.24) is 34.7 Å². The fraction of sp³-hybridized carbons (Fsp3) is 0.424. The van der Waals surface area contributed by atoms with Crippen LogP contribution in [0.15, 0.2) is 67.0 Å². The van der Waals surface area contributed by atoms with Gasteiger partial charge in [0.15, 0.2) is 29.0 Å². The number of aryl methyl sites for hydroxylation is 1. The predicted molar refractivity (Wildman–Crippen MR) is 173 cm³/mol. The summed E-state index contributed by atoms with van der Waals surface area (Å²) >= 11 is 0. The number of H-pyrrole nitrogens is 1. The third kappa shape index (κ3) is 6.06. The summed E-state index contributed by atoms with van der Waals surface area (Å²) in [4.78, 5) is 17.5. The predicted octanol–water partition coefficient (Wildman–Crippen LogP) is 3.42. The number of hydrogen-bond acceptors (Lipinski definition) is 11. The van der Waals surface area contributed by atoms with E-state index >= 15 is 0 Å². The van der Waals surface area contributed by atoms with Crippen LogP contribution in [0.25, 0.3) is 11.2 Å². The maximum Gasteiger partial charge on any atom is 0.227 e. The molecule has 4 heterocycles. The molecule has 0 amide bonds. The number of nitrogens with two attached hydrogens (primary N) is 1. The molecule has 2 aliphatic rings. The lowest BCUT2D eigenvalue weighted by Crippen LogP contribution is -2.33. The zero-order valence-corrected chi connectivity index (χ0v) is 25.7. The topological polar surface area (TPSA) is 185 Å². The van der Waals surface area contributed by atoms with Crippen LogP contribution in [-0.4, -0.2) is 75.7 Å². The number of aliphatic hydroxyl groups excluding tert-OH is 2. The highest BCUT2D eigenvalue weighted by Gasteiger charge is 2.46. The van der Waals surface area contributed by atoms with Gasteiger partial charge in [-0.25, -0.2) is 4.98 Å². The molecule has 7 N–H and O–H groups in total. The van der Waals surface area contributed by atoms with Crippen LogP contribution in [-0.2, 0) is 11.2 Å². The van der Waals surface area contributed by atoms with Crippen LogP contribution in [0.3, 0.4) is 0 Å². The van der Waals surface area contributed by atoms with Crippen molar-refractivity contribution in [1.29, 1.82) is 0 Å². The molecule has 1 aliphatic heterocycles. The lowest BCUT2D eigenvalue weighted by Gasteiger charge is -2.27. The van der Waals surface area contributed by atoms with E-state index in [1.807, 2.05) is 43.3 Å². The Labute approximate surface area is 266 Å². The Balaban J connectivity index is 1.23. The van der Waals surface area contributed by atoms with Crippen LogP contribution in [0.5, 0.6) is 0 Å². The van der Waals surface area contributed by atoms with Crippen molar-refractivity contribution in [2.75, 3.05) is 17.2 Å². The molecule has 7 rings (SSSR count). The second kappa shape index (κ2) is 13.1. The third-order valence-electron chi connectivity index (χ3n) is 9.07. The summed E-state index contributed by atoms with van der Waals surface area (Å²) in [6.45, 7) is 2.51. The summed E-state index contributed by atoms with van der Waals surface area (Å²) in [5, 5.41) is 37.5. The molecule has 13 nitrogen and oxygen atoms in total. The maximum atomic E-state index is 11.2. The van der Waals surface area contributed by atoms with Crippen LogP contribution in [0.4, 0.5) is 11.8 Å². The molecular formula is C33H40N10O3. The molecule has 46 heavy (non-hydrogen) atoms. The second-order valence-electron chi connectivity index (χ2n) is 12.2. The number of anilines is 2. The fourth-order valence-electron chi connectivity index (χ4n) is 6.45. The van der Waals surface area contributed by atoms with Crippen molar-refractivity contribution >= 4 is 22.9 Å². The number of rotatable bonds is 10. The van der Waals surface area contributed by atoms with Crippen molar-refractivity contribution < 1.29 is 14.9 Å². The van der Waals surface area contributed by atoms with Gasteiger partial charge < -0.3 is 36.3 Å². The summed E-state index contributed by atoms with van der Waals surface area (Å²) in [5.41, 5.74) is 9.51. The van der Waals surface area contributed by atoms with Crippen LogP contribution in [0.1, 0.15) is 73.6 Å². The van der Waals surface area contributed by atoms with E-state index < -0.39 is 24.5 Å². The van der Waals surface area contributed by atoms with Gasteiger partial charge in [-0.2, -0.15) is 9.97 Å². The minimum Gasteiger partial charge on any atom is -0.387 e. The molecular weight excluding hydrogens is 584 g/mol. The van der Waals surface area contributed by atoms with Crippen LogP contribution in [0.2, 0.25) is 0 Å². The van der Waals surface area contributed by atoms with Gasteiger partial charge in [0.1, 0.15) is 24.1 Å². The van der Waals surface area contributed by atoms with Gasteiger partial charge in [-0.15, -0.1) is 10.2 Å². The number of benzene rings is 2. The number of imidazole rings is 1. The largest absolute Gasteiger partial charge is 0.387 e. The minimum atomic E-state index is -1.26. The second-order valence-corrected chi connectivity index (χ2v) is 12.2. The van der Waals surface area contributed by atoms with Gasteiger partial charge in [-0.05, 0) is 36.8 Å². The lowest BCUT2D eigenvalue weighted by molar-refractivity contribution is -0.0382. The molecule has 5 aromatic rings. The molecule has 1 saturated carbocycles. The van der Waals surface area contributed by atoms with E-state index in [-0.39, 0.29) is 18.0 Å². The summed E-state index contributed by atoms with van der Waals surface area (Å²) < 4.78 is 7.87. The van der Waals surface area contributed by atoms with E-state index in [0.29, 0.717) is 47.5 Å². The van der Waals surface area contributed by atoms with E-state index in [0.717, 1.165) is 25.7 Å². The average Bonchev–Trinajstić information content (AvgIpc) is 3.81. The smallest absolute Gasteiger partial charge is 0.227 e. The van der Waals surface area contributed by atoms with Crippen molar-refractivity contribution in [3.63, 3.8) is 0 Å². The Morgan fingerprint density at radius 1 is 0.957 bits per heavy atom. The molecule has 3 aromatic heterocycles. The molecule has 0 bridgehead atoms. The molecule has 0 unspecified atom stereocenters. The number of hydrogen-bond donors (Lipinski definition) is 6. The standard InChI is InChI=1S/C33H40N10O3/c1-2-24-38-30(42-41-24)28-26(44)27(45)32(46-28)43-18-36-25-29(39-33(40-31(25)43)37-22-15-13-21(34)14-16-22)35-17-23(19-9-5-3-6-10-19)20-11-7-4-8-12-20/h3-12,18,21-23,26-28,32,44-45H,2,13-17,34H2,1H3,(H,38,41,42)(H2,35,37,39,40)/t21-,22-,26-,27+,28-,32+/m0/s1. The molecule has 13 heteroatoms. The van der Waals surface area contributed by atoms with Gasteiger partial charge in [0.25, 0.3) is 0 Å². The van der Waals surface area contributed by atoms with Gasteiger partial charge in [0.2, 0.25) is 5.95 Å². The molecule has 1 aliphatic carbocycles. The van der Waals surface area contributed by atoms with Crippen LogP contribution < -0.4 is 16.4 Å². The first-order valence-electron chi connectivity index (χ1n) is 16.0. The van der Waals surface area contributed by atoms with Crippen LogP contribution >= 0.6 is 0 Å². The monoisotopic (exact) mass is 624 g/mol. The lowest BCUT2D eigenvalue weighted by atomic mass is 9.91. The van der Waals surface area contributed by atoms with Crippen LogP contribution in [0, 0.1) is 0 Å². The van der Waals surface area contributed by atoms with Crippen molar-refractivity contribution in [2.45, 2.75) is 81.6 Å². The molecule has 0 spiro atoms. The van der Waals surface area contributed by atoms with Gasteiger partial charge >= 0.3 is 0 Å². The first-order valence-corrected chi connectivity index (χ1v) is 16.0. The molecule has 2 fully saturated rings. The van der Waals surface area contributed by atoms with E-state index in [1.54, 1.807) is 10.9 Å². The highest BCUT2D eigenvalue weighted by atomic mass is 16.6. The first-order chi connectivity index (χ1) is 22.5. The Hall–Kier alpha value is -4.43. The highest BCUT2D eigenvalue weighted by Crippen LogP contribution is 2.39. The molecule has 1 saturated heterocycles. The van der Waals surface area contributed by atoms with E-state index in [2.05, 4.69) is 55.1 Å². The molecule has 2 aromatic carbocycles. The molecule has 240 valence electrons. The van der Waals surface area contributed by atoms with Gasteiger partial charge in [0.05, 0.1) is 6.33 Å². The third-order valence-corrected chi connectivity index (χ3v) is 9.07. The van der Waals surface area contributed by atoms with Crippen molar-refractivity contribution in [3.05, 3.63) is 89.8 Å².